The normalized spacial score (nSPS) is 18.3. The van der Waals surface area contributed by atoms with Crippen molar-refractivity contribution in [3.05, 3.63) is 94.6 Å². The molecule has 3 heterocycles. The molecule has 0 spiro atoms. The molecule has 1 fully saturated rings. The number of hydrogen-bond acceptors (Lipinski definition) is 10. The van der Waals surface area contributed by atoms with E-state index in [4.69, 9.17) is 14.2 Å². The Kier molecular flexibility index (Phi) is 10.1. The lowest BCUT2D eigenvalue weighted by Gasteiger charge is -2.23. The van der Waals surface area contributed by atoms with Gasteiger partial charge in [-0.25, -0.2) is 0 Å². The van der Waals surface area contributed by atoms with Gasteiger partial charge in [-0.1, -0.05) is 79.3 Å². The summed E-state index contributed by atoms with van der Waals surface area (Å²) in [6, 6.07) is 19.7. The van der Waals surface area contributed by atoms with Crippen LogP contribution in [-0.4, -0.2) is 46.3 Å². The number of benzene rings is 3. The van der Waals surface area contributed by atoms with Gasteiger partial charge in [-0.15, -0.1) is 10.2 Å². The molecule has 0 unspecified atom stereocenters. The van der Waals surface area contributed by atoms with Gasteiger partial charge in [0.15, 0.2) is 15.8 Å². The van der Waals surface area contributed by atoms with Crippen molar-refractivity contribution >= 4 is 45.7 Å². The number of thioether (sulfide) groups is 1. The molecule has 11 heteroatoms. The van der Waals surface area contributed by atoms with Crippen molar-refractivity contribution in [3.63, 3.8) is 0 Å². The van der Waals surface area contributed by atoms with Crippen LogP contribution in [0.5, 0.6) is 17.2 Å². The first-order chi connectivity index (χ1) is 22.9. The van der Waals surface area contributed by atoms with Gasteiger partial charge in [0.05, 0.1) is 24.8 Å². The first-order valence-electron chi connectivity index (χ1n) is 15.9. The summed E-state index contributed by atoms with van der Waals surface area (Å²) in [7, 11) is 0. The van der Waals surface area contributed by atoms with Crippen LogP contribution in [-0.2, 0) is 21.8 Å². The van der Waals surface area contributed by atoms with E-state index in [0.717, 1.165) is 36.1 Å². The minimum absolute atomic E-state index is 0.0130. The molecule has 2 atom stereocenters. The second-order valence-electron chi connectivity index (χ2n) is 11.4. The Balaban J connectivity index is 1.40. The molecule has 2 aliphatic rings. The van der Waals surface area contributed by atoms with Crippen LogP contribution in [0.1, 0.15) is 68.3 Å². The molecule has 1 amide bonds. The van der Waals surface area contributed by atoms with Gasteiger partial charge in [0.2, 0.25) is 5.13 Å². The fourth-order valence-corrected chi connectivity index (χ4v) is 7.59. The number of ether oxygens (including phenoxy) is 3. The number of aliphatic hydroxyl groups excluding tert-OH is 1. The SMILES string of the molecule is CCCCCOc1ccc([C@@H]2C(=C(O)c3ccc4c(c3)C[C@@H](C)O4)C(=O)C(=O)N2c2nnc(SCc3ccccc3)s2)cc1OCC. The van der Waals surface area contributed by atoms with E-state index in [-0.39, 0.29) is 22.6 Å². The zero-order valence-corrected chi connectivity index (χ0v) is 28.2. The number of rotatable bonds is 13. The van der Waals surface area contributed by atoms with E-state index in [1.807, 2.05) is 50.2 Å². The van der Waals surface area contributed by atoms with Crippen molar-refractivity contribution in [3.8, 4) is 17.2 Å². The molecule has 4 aromatic rings. The van der Waals surface area contributed by atoms with E-state index in [2.05, 4.69) is 17.1 Å². The van der Waals surface area contributed by atoms with Gasteiger partial charge in [0.25, 0.3) is 5.78 Å². The van der Waals surface area contributed by atoms with Gasteiger partial charge in [-0.3, -0.25) is 14.5 Å². The second-order valence-corrected chi connectivity index (χ2v) is 13.6. The molecule has 1 aromatic heterocycles. The van der Waals surface area contributed by atoms with Crippen LogP contribution in [0, 0.1) is 0 Å². The third-order valence-electron chi connectivity index (χ3n) is 8.01. The molecule has 1 saturated heterocycles. The quantitative estimate of drug-likeness (QED) is 0.0381. The molecule has 47 heavy (non-hydrogen) atoms. The molecular formula is C36H37N3O6S2. The van der Waals surface area contributed by atoms with Gasteiger partial charge < -0.3 is 19.3 Å². The molecule has 0 radical (unpaired) electrons. The monoisotopic (exact) mass is 671 g/mol. The lowest BCUT2D eigenvalue weighted by molar-refractivity contribution is -0.132. The zero-order chi connectivity index (χ0) is 32.9. The highest BCUT2D eigenvalue weighted by atomic mass is 32.2. The number of anilines is 1. The van der Waals surface area contributed by atoms with Gasteiger partial charge >= 0.3 is 5.91 Å². The summed E-state index contributed by atoms with van der Waals surface area (Å²) in [5.74, 6) is 0.637. The van der Waals surface area contributed by atoms with E-state index < -0.39 is 17.7 Å². The van der Waals surface area contributed by atoms with E-state index >= 15 is 0 Å². The molecule has 1 N–H and O–H groups in total. The highest BCUT2D eigenvalue weighted by molar-refractivity contribution is 8.00. The zero-order valence-electron chi connectivity index (χ0n) is 26.6. The van der Waals surface area contributed by atoms with Gasteiger partial charge in [-0.2, -0.15) is 0 Å². The van der Waals surface area contributed by atoms with Crippen molar-refractivity contribution in [1.29, 1.82) is 0 Å². The molecule has 0 aliphatic carbocycles. The lowest BCUT2D eigenvalue weighted by Crippen LogP contribution is -2.29. The van der Waals surface area contributed by atoms with Crippen LogP contribution in [0.15, 0.2) is 76.6 Å². The number of carbonyl (C=O) groups excluding carboxylic acids is 2. The van der Waals surface area contributed by atoms with Crippen molar-refractivity contribution < 1.29 is 28.9 Å². The summed E-state index contributed by atoms with van der Waals surface area (Å²) in [4.78, 5) is 29.0. The Labute approximate surface area is 282 Å². The number of aliphatic hydroxyl groups is 1. The maximum Gasteiger partial charge on any atom is 0.301 e. The average Bonchev–Trinajstić information content (AvgIpc) is 3.77. The Morgan fingerprint density at radius 2 is 1.85 bits per heavy atom. The first-order valence-corrected chi connectivity index (χ1v) is 17.7. The summed E-state index contributed by atoms with van der Waals surface area (Å²) in [5.41, 5.74) is 3.03. The van der Waals surface area contributed by atoms with E-state index in [0.29, 0.717) is 52.4 Å². The molecule has 244 valence electrons. The molecule has 3 aromatic carbocycles. The third kappa shape index (κ3) is 7.01. The fraction of sp³-hybridized carbons (Fsp3) is 0.333. The number of hydrogen-bond donors (Lipinski definition) is 1. The number of carbonyl (C=O) groups is 2. The van der Waals surface area contributed by atoms with Crippen molar-refractivity contribution in [1.82, 2.24) is 10.2 Å². The summed E-state index contributed by atoms with van der Waals surface area (Å²) < 4.78 is 18.5. The number of aromatic nitrogens is 2. The molecule has 0 saturated carbocycles. The fourth-order valence-electron chi connectivity index (χ4n) is 5.76. The van der Waals surface area contributed by atoms with Gasteiger partial charge in [-0.05, 0) is 67.3 Å². The van der Waals surface area contributed by atoms with Crippen LogP contribution in [0.25, 0.3) is 5.76 Å². The Hall–Kier alpha value is -4.35. The Bertz CT molecular complexity index is 1790. The second kappa shape index (κ2) is 14.6. The average molecular weight is 672 g/mol. The van der Waals surface area contributed by atoms with Crippen LogP contribution in [0.4, 0.5) is 5.13 Å². The first kappa shape index (κ1) is 32.6. The summed E-state index contributed by atoms with van der Waals surface area (Å²) in [5, 5.41) is 20.7. The maximum absolute atomic E-state index is 13.8. The van der Waals surface area contributed by atoms with E-state index in [1.54, 1.807) is 30.3 Å². The number of ketones is 1. The summed E-state index contributed by atoms with van der Waals surface area (Å²) in [6.07, 6.45) is 3.74. The molecule has 0 bridgehead atoms. The number of fused-ring (bicyclic) bond motifs is 1. The van der Waals surface area contributed by atoms with Crippen molar-refractivity contribution in [2.45, 2.75) is 68.7 Å². The van der Waals surface area contributed by atoms with Gasteiger partial charge in [0.1, 0.15) is 17.6 Å². The number of Topliss-reactive ketones (excluding diaryl/α,β-unsaturated/α-hetero) is 1. The highest BCUT2D eigenvalue weighted by Gasteiger charge is 2.48. The standard InChI is InChI=1S/C36H37N3O6S2/c1-4-6-10-17-44-28-16-13-24(20-29(28)43-5-2)31-30(32(40)25-14-15-27-26(19-25)18-22(3)45-27)33(41)34(42)39(31)35-37-38-36(47-35)46-21-23-11-8-7-9-12-23/h7-9,11-16,19-20,22,31,40H,4-6,10,17-18,21H2,1-3H3/t22-,31-/m1/s1. The minimum Gasteiger partial charge on any atom is -0.507 e. The van der Waals surface area contributed by atoms with E-state index in [9.17, 15) is 14.7 Å². The van der Waals surface area contributed by atoms with Crippen LogP contribution >= 0.6 is 23.1 Å². The van der Waals surface area contributed by atoms with Crippen molar-refractivity contribution in [2.75, 3.05) is 18.1 Å². The maximum atomic E-state index is 13.8. The third-order valence-corrected chi connectivity index (χ3v) is 10.1. The molecule has 6 rings (SSSR count). The van der Waals surface area contributed by atoms with E-state index in [1.165, 1.54) is 28.0 Å². The number of amides is 1. The van der Waals surface area contributed by atoms with Crippen LogP contribution in [0.2, 0.25) is 0 Å². The van der Waals surface area contributed by atoms with Crippen LogP contribution in [0.3, 0.4) is 0 Å². The number of nitrogens with zero attached hydrogens (tertiary/aromatic N) is 3. The smallest absolute Gasteiger partial charge is 0.301 e. The summed E-state index contributed by atoms with van der Waals surface area (Å²) in [6.45, 7) is 6.93. The van der Waals surface area contributed by atoms with Crippen LogP contribution < -0.4 is 19.1 Å². The summed E-state index contributed by atoms with van der Waals surface area (Å²) >= 11 is 2.73. The minimum atomic E-state index is -0.980. The largest absolute Gasteiger partial charge is 0.507 e. The molecule has 9 nitrogen and oxygen atoms in total. The van der Waals surface area contributed by atoms with Gasteiger partial charge in [0, 0.05) is 17.7 Å². The molecule has 2 aliphatic heterocycles. The Morgan fingerprint density at radius 1 is 1.02 bits per heavy atom. The Morgan fingerprint density at radius 3 is 2.64 bits per heavy atom. The highest BCUT2D eigenvalue weighted by Crippen LogP contribution is 2.46. The predicted molar refractivity (Wildman–Crippen MR) is 184 cm³/mol. The topological polar surface area (TPSA) is 111 Å². The lowest BCUT2D eigenvalue weighted by atomic mass is 9.94. The van der Waals surface area contributed by atoms with Crippen molar-refractivity contribution in [2.24, 2.45) is 0 Å². The molecular weight excluding hydrogens is 635 g/mol. The number of unbranched alkanes of at least 4 members (excludes halogenated alkanes) is 2. The predicted octanol–water partition coefficient (Wildman–Crippen LogP) is 7.75.